The monoisotopic (exact) mass is 804 g/mol. The molecule has 1 aliphatic rings. The average molecular weight is 805 g/mol. The molecule has 0 amide bonds. The van der Waals surface area contributed by atoms with E-state index in [2.05, 4.69) is 229 Å². The number of benzene rings is 9. The minimum absolute atomic E-state index is 0.206. The van der Waals surface area contributed by atoms with Gasteiger partial charge in [0.15, 0.2) is 5.82 Å². The molecule has 9 aromatic carbocycles. The molecule has 296 valence electrons. The Kier molecular flexibility index (Phi) is 7.62. The van der Waals surface area contributed by atoms with Crippen LogP contribution in [0.5, 0.6) is 0 Å². The van der Waals surface area contributed by atoms with Crippen LogP contribution in [0.4, 0.5) is 0 Å². The predicted octanol–water partition coefficient (Wildman–Crippen LogP) is 15.1. The molecule has 0 saturated heterocycles. The van der Waals surface area contributed by atoms with Crippen molar-refractivity contribution in [3.63, 3.8) is 0 Å². The third-order valence-electron chi connectivity index (χ3n) is 13.5. The highest BCUT2D eigenvalue weighted by molar-refractivity contribution is 6.11. The zero-order valence-electron chi connectivity index (χ0n) is 34.9. The molecule has 0 N–H and O–H groups in total. The molecule has 12 aromatic rings. The minimum Gasteiger partial charge on any atom is -0.309 e. The van der Waals surface area contributed by atoms with Crippen LogP contribution in [-0.4, -0.2) is 19.1 Å². The van der Waals surface area contributed by atoms with E-state index in [1.54, 1.807) is 0 Å². The Morgan fingerprint density at radius 1 is 0.349 bits per heavy atom. The number of fused-ring (bicyclic) bond motifs is 10. The number of rotatable bonds is 5. The van der Waals surface area contributed by atoms with Crippen LogP contribution >= 0.6 is 0 Å². The smallest absolute Gasteiger partial charge is 0.160 e. The SMILES string of the molecule is CC1(C)c2ccc(-n3c4ccccc4c4ccccc43)cc2-c2ccc(-c3nc(-c4ccccc4)c4cc(-c5ccc6c(c5)c5ccccc5n6-c5ccccc5)ccc4n3)cc21. The first-order valence-electron chi connectivity index (χ1n) is 21.7. The standard InChI is InChI=1S/C59H40N4/c1-59(2)50-30-28-42(63-53-22-12-9-19-44(53)45-20-10-13-23-54(45)63)36-47(50)43-29-25-40(35-51(43)59)58-60-52-31-26-38(34-49(52)57(61-58)37-15-5-3-6-16-37)39-27-32-56-48(33-39)46-21-11-14-24-55(46)62(56)41-17-7-4-8-18-41/h3-36H,1-2H3. The molecule has 63 heavy (non-hydrogen) atoms. The summed E-state index contributed by atoms with van der Waals surface area (Å²) in [6, 6.07) is 74.7. The van der Waals surface area contributed by atoms with Gasteiger partial charge < -0.3 is 9.13 Å². The van der Waals surface area contributed by atoms with Crippen molar-refractivity contribution in [3.05, 3.63) is 217 Å². The van der Waals surface area contributed by atoms with E-state index in [4.69, 9.17) is 9.97 Å². The molecule has 1 aliphatic carbocycles. The average Bonchev–Trinajstić information content (AvgIpc) is 3.94. The summed E-state index contributed by atoms with van der Waals surface area (Å²) in [6.45, 7) is 4.69. The number of nitrogens with zero attached hydrogens (tertiary/aromatic N) is 4. The number of hydrogen-bond donors (Lipinski definition) is 0. The molecule has 0 atom stereocenters. The van der Waals surface area contributed by atoms with Gasteiger partial charge in [-0.3, -0.25) is 0 Å². The second kappa shape index (κ2) is 13.5. The summed E-state index contributed by atoms with van der Waals surface area (Å²) in [6.07, 6.45) is 0. The maximum atomic E-state index is 5.41. The summed E-state index contributed by atoms with van der Waals surface area (Å²) < 4.78 is 4.77. The predicted molar refractivity (Wildman–Crippen MR) is 262 cm³/mol. The van der Waals surface area contributed by atoms with E-state index in [0.29, 0.717) is 0 Å². The lowest BCUT2D eigenvalue weighted by Crippen LogP contribution is -2.15. The Labute approximate surface area is 365 Å². The van der Waals surface area contributed by atoms with E-state index in [-0.39, 0.29) is 5.41 Å². The van der Waals surface area contributed by atoms with Crippen molar-refractivity contribution >= 4 is 54.5 Å². The van der Waals surface area contributed by atoms with Gasteiger partial charge in [0.25, 0.3) is 0 Å². The summed E-state index contributed by atoms with van der Waals surface area (Å²) >= 11 is 0. The third-order valence-corrected chi connectivity index (χ3v) is 13.5. The van der Waals surface area contributed by atoms with Crippen LogP contribution in [0.15, 0.2) is 206 Å². The molecular formula is C59H40N4. The maximum absolute atomic E-state index is 5.41. The number of para-hydroxylation sites is 4. The summed E-state index contributed by atoms with van der Waals surface area (Å²) in [4.78, 5) is 10.7. The van der Waals surface area contributed by atoms with Crippen molar-refractivity contribution in [2.45, 2.75) is 19.3 Å². The molecule has 4 heteroatoms. The van der Waals surface area contributed by atoms with Gasteiger partial charge in [-0.15, -0.1) is 0 Å². The lowest BCUT2D eigenvalue weighted by atomic mass is 9.82. The Hall–Kier alpha value is -8.08. The fraction of sp³-hybridized carbons (Fsp3) is 0.0508. The molecule has 3 aromatic heterocycles. The van der Waals surface area contributed by atoms with Crippen molar-refractivity contribution < 1.29 is 0 Å². The zero-order chi connectivity index (χ0) is 41.8. The third kappa shape index (κ3) is 5.34. The molecule has 0 radical (unpaired) electrons. The van der Waals surface area contributed by atoms with Gasteiger partial charge in [-0.2, -0.15) is 0 Å². The van der Waals surface area contributed by atoms with Gasteiger partial charge in [0.1, 0.15) is 0 Å². The fourth-order valence-corrected chi connectivity index (χ4v) is 10.5. The van der Waals surface area contributed by atoms with Gasteiger partial charge in [-0.05, 0) is 106 Å². The van der Waals surface area contributed by atoms with Gasteiger partial charge in [0, 0.05) is 54.8 Å². The first-order valence-corrected chi connectivity index (χ1v) is 21.7. The fourth-order valence-electron chi connectivity index (χ4n) is 10.5. The van der Waals surface area contributed by atoms with Crippen molar-refractivity contribution in [2.24, 2.45) is 0 Å². The normalized spacial score (nSPS) is 13.0. The van der Waals surface area contributed by atoms with E-state index in [0.717, 1.165) is 50.4 Å². The molecule has 0 bridgehead atoms. The second-order valence-corrected chi connectivity index (χ2v) is 17.4. The molecule has 0 saturated carbocycles. The van der Waals surface area contributed by atoms with E-state index >= 15 is 0 Å². The van der Waals surface area contributed by atoms with Gasteiger partial charge in [-0.1, -0.05) is 147 Å². The molecule has 3 heterocycles. The van der Waals surface area contributed by atoms with Crippen LogP contribution in [-0.2, 0) is 5.41 Å². The first kappa shape index (κ1) is 35.7. The number of hydrogen-bond acceptors (Lipinski definition) is 2. The molecular weight excluding hydrogens is 765 g/mol. The second-order valence-electron chi connectivity index (χ2n) is 17.4. The Morgan fingerprint density at radius 3 is 1.60 bits per heavy atom. The lowest BCUT2D eigenvalue weighted by Gasteiger charge is -2.22. The van der Waals surface area contributed by atoms with Gasteiger partial charge >= 0.3 is 0 Å². The van der Waals surface area contributed by atoms with Crippen LogP contribution < -0.4 is 0 Å². The van der Waals surface area contributed by atoms with Crippen LogP contribution in [0.2, 0.25) is 0 Å². The topological polar surface area (TPSA) is 35.6 Å². The molecule has 0 aliphatic heterocycles. The van der Waals surface area contributed by atoms with E-state index in [9.17, 15) is 0 Å². The highest BCUT2D eigenvalue weighted by Gasteiger charge is 2.36. The van der Waals surface area contributed by atoms with E-state index in [1.165, 1.54) is 71.6 Å². The summed E-state index contributed by atoms with van der Waals surface area (Å²) in [5.74, 6) is 0.727. The summed E-state index contributed by atoms with van der Waals surface area (Å²) in [5, 5.41) is 6.03. The van der Waals surface area contributed by atoms with Crippen LogP contribution in [0.25, 0.3) is 111 Å². The van der Waals surface area contributed by atoms with Crippen molar-refractivity contribution in [1.82, 2.24) is 19.1 Å². The van der Waals surface area contributed by atoms with E-state index in [1.807, 2.05) is 0 Å². The molecule has 0 unspecified atom stereocenters. The molecule has 4 nitrogen and oxygen atoms in total. The van der Waals surface area contributed by atoms with Gasteiger partial charge in [0.2, 0.25) is 0 Å². The van der Waals surface area contributed by atoms with Crippen LogP contribution in [0, 0.1) is 0 Å². The zero-order valence-corrected chi connectivity index (χ0v) is 34.9. The summed E-state index contributed by atoms with van der Waals surface area (Å²) in [5.41, 5.74) is 18.3. The van der Waals surface area contributed by atoms with Gasteiger partial charge in [0.05, 0.1) is 33.3 Å². The largest absolute Gasteiger partial charge is 0.309 e. The highest BCUT2D eigenvalue weighted by atomic mass is 15.0. The van der Waals surface area contributed by atoms with Crippen molar-refractivity contribution in [2.75, 3.05) is 0 Å². The van der Waals surface area contributed by atoms with Crippen molar-refractivity contribution in [3.8, 4) is 56.3 Å². The van der Waals surface area contributed by atoms with E-state index < -0.39 is 0 Å². The Morgan fingerprint density at radius 2 is 0.905 bits per heavy atom. The maximum Gasteiger partial charge on any atom is 0.160 e. The molecule has 0 fully saturated rings. The minimum atomic E-state index is -0.206. The quantitative estimate of drug-likeness (QED) is 0.174. The van der Waals surface area contributed by atoms with Crippen LogP contribution in [0.1, 0.15) is 25.0 Å². The lowest BCUT2D eigenvalue weighted by molar-refractivity contribution is 0.660. The van der Waals surface area contributed by atoms with Crippen molar-refractivity contribution in [1.29, 1.82) is 0 Å². The first-order chi connectivity index (χ1) is 31.0. The van der Waals surface area contributed by atoms with Crippen LogP contribution in [0.3, 0.4) is 0 Å². The molecule has 13 rings (SSSR count). The molecule has 0 spiro atoms. The van der Waals surface area contributed by atoms with Gasteiger partial charge in [-0.25, -0.2) is 9.97 Å². The summed E-state index contributed by atoms with van der Waals surface area (Å²) in [7, 11) is 0. The Balaban J connectivity index is 0.928. The Bertz CT molecular complexity index is 3760. The highest BCUT2D eigenvalue weighted by Crippen LogP contribution is 2.51. The number of aromatic nitrogens is 4.